The summed E-state index contributed by atoms with van der Waals surface area (Å²) in [6.07, 6.45) is 7.02. The molecule has 0 spiro atoms. The zero-order valence-corrected chi connectivity index (χ0v) is 9.24. The number of hydrogen-bond acceptors (Lipinski definition) is 5. The van der Waals surface area contributed by atoms with Gasteiger partial charge < -0.3 is 5.73 Å². The molecule has 17 heavy (non-hydrogen) atoms. The fourth-order valence-corrected chi connectivity index (χ4v) is 1.39. The molecule has 0 bridgehead atoms. The van der Waals surface area contributed by atoms with Gasteiger partial charge in [-0.05, 0) is 25.1 Å². The lowest BCUT2D eigenvalue weighted by atomic mass is 10.2. The van der Waals surface area contributed by atoms with Gasteiger partial charge in [0.2, 0.25) is 0 Å². The topological polar surface area (TPSA) is 86.7 Å². The molecule has 0 unspecified atom stereocenters. The van der Waals surface area contributed by atoms with E-state index in [1.807, 2.05) is 6.92 Å². The molecule has 2 aromatic heterocycles. The molecule has 2 rings (SSSR count). The van der Waals surface area contributed by atoms with Gasteiger partial charge in [-0.1, -0.05) is 0 Å². The van der Waals surface area contributed by atoms with Crippen LogP contribution in [0, 0.1) is 6.92 Å². The van der Waals surface area contributed by atoms with E-state index in [4.69, 9.17) is 5.73 Å². The third-order valence-corrected chi connectivity index (χ3v) is 2.26. The number of nitrogens with zero attached hydrogens (tertiary/aromatic N) is 4. The molecule has 0 aliphatic carbocycles. The molecule has 0 atom stereocenters. The van der Waals surface area contributed by atoms with Gasteiger partial charge in [-0.3, -0.25) is 4.79 Å². The Hall–Kier alpha value is -2.50. The second kappa shape index (κ2) is 4.56. The van der Waals surface area contributed by atoms with Crippen molar-refractivity contribution in [3.63, 3.8) is 0 Å². The van der Waals surface area contributed by atoms with Gasteiger partial charge in [-0.2, -0.15) is 10.1 Å². The number of allylic oxidation sites excluding steroid dienone is 1. The first kappa shape index (κ1) is 11.0. The molecule has 0 aromatic carbocycles. The summed E-state index contributed by atoms with van der Waals surface area (Å²) in [6, 6.07) is 1.61. The molecule has 0 saturated carbocycles. The predicted molar refractivity (Wildman–Crippen MR) is 63.4 cm³/mol. The normalized spacial score (nSPS) is 10.9. The zero-order chi connectivity index (χ0) is 12.3. The average molecular weight is 229 g/mol. The molecule has 6 nitrogen and oxygen atoms in total. The lowest BCUT2D eigenvalue weighted by Crippen LogP contribution is -2.06. The first-order chi connectivity index (χ1) is 8.22. The van der Waals surface area contributed by atoms with Gasteiger partial charge in [0.15, 0.2) is 0 Å². The van der Waals surface area contributed by atoms with Crippen LogP contribution >= 0.6 is 0 Å². The molecule has 0 radical (unpaired) electrons. The minimum Gasteiger partial charge on any atom is -0.384 e. The molecule has 0 amide bonds. The monoisotopic (exact) mass is 229 g/mol. The first-order valence-corrected chi connectivity index (χ1v) is 4.97. The van der Waals surface area contributed by atoms with Gasteiger partial charge in [0, 0.05) is 11.8 Å². The number of hydrogen-bond donors (Lipinski definition) is 1. The van der Waals surface area contributed by atoms with Crippen molar-refractivity contribution < 1.29 is 4.79 Å². The van der Waals surface area contributed by atoms with Crippen LogP contribution < -0.4 is 5.73 Å². The van der Waals surface area contributed by atoms with E-state index < -0.39 is 0 Å². The summed E-state index contributed by atoms with van der Waals surface area (Å²) in [5.74, 6) is 0.795. The van der Waals surface area contributed by atoms with Crippen molar-refractivity contribution in [1.29, 1.82) is 0 Å². The number of aldehydes is 1. The maximum Gasteiger partial charge on any atom is 0.252 e. The second-order valence-corrected chi connectivity index (χ2v) is 3.37. The summed E-state index contributed by atoms with van der Waals surface area (Å²) in [5.41, 5.74) is 7.26. The first-order valence-electron chi connectivity index (χ1n) is 4.97. The van der Waals surface area contributed by atoms with Crippen molar-refractivity contribution in [1.82, 2.24) is 19.7 Å². The van der Waals surface area contributed by atoms with Crippen LogP contribution in [0.25, 0.3) is 12.0 Å². The number of rotatable bonds is 3. The van der Waals surface area contributed by atoms with Crippen LogP contribution in [0.15, 0.2) is 24.5 Å². The molecule has 0 aliphatic heterocycles. The largest absolute Gasteiger partial charge is 0.384 e. The van der Waals surface area contributed by atoms with E-state index >= 15 is 0 Å². The number of aromatic nitrogens is 4. The molecule has 0 saturated heterocycles. The van der Waals surface area contributed by atoms with E-state index in [9.17, 15) is 4.79 Å². The van der Waals surface area contributed by atoms with Crippen molar-refractivity contribution >= 4 is 18.2 Å². The Bertz CT molecular complexity index is 573. The second-order valence-electron chi connectivity index (χ2n) is 3.37. The Morgan fingerprint density at radius 2 is 2.29 bits per heavy atom. The fourth-order valence-electron chi connectivity index (χ4n) is 1.39. The number of carbonyl (C=O) groups excluding carboxylic acids is 1. The van der Waals surface area contributed by atoms with E-state index in [0.717, 1.165) is 11.3 Å². The predicted octanol–water partition coefficient (Wildman–Crippen LogP) is 0.765. The summed E-state index contributed by atoms with van der Waals surface area (Å²) < 4.78 is 1.57. The highest BCUT2D eigenvalue weighted by atomic mass is 16.1. The van der Waals surface area contributed by atoms with Gasteiger partial charge >= 0.3 is 0 Å². The van der Waals surface area contributed by atoms with Gasteiger partial charge in [-0.15, -0.1) is 0 Å². The number of nitrogen functional groups attached to an aromatic ring is 1. The van der Waals surface area contributed by atoms with Crippen molar-refractivity contribution in [2.75, 3.05) is 5.73 Å². The maximum atomic E-state index is 10.3. The molecule has 86 valence electrons. The third-order valence-electron chi connectivity index (χ3n) is 2.26. The summed E-state index contributed by atoms with van der Waals surface area (Å²) in [4.78, 5) is 18.4. The minimum atomic E-state index is 0.384. The SMILES string of the molecule is Cc1c(/C=C/C=O)cnn1-c1nccc(N)n1. The van der Waals surface area contributed by atoms with Crippen LogP contribution in [0.5, 0.6) is 0 Å². The van der Waals surface area contributed by atoms with E-state index in [2.05, 4.69) is 15.1 Å². The highest BCUT2D eigenvalue weighted by molar-refractivity contribution is 5.74. The summed E-state index contributed by atoms with van der Waals surface area (Å²) in [5, 5.41) is 4.15. The highest BCUT2D eigenvalue weighted by Crippen LogP contribution is 2.12. The van der Waals surface area contributed by atoms with Crippen molar-refractivity contribution in [2.24, 2.45) is 0 Å². The molecular weight excluding hydrogens is 218 g/mol. The Kier molecular flexibility index (Phi) is 2.95. The summed E-state index contributed by atoms with van der Waals surface area (Å²) in [6.45, 7) is 1.87. The van der Waals surface area contributed by atoms with Crippen LogP contribution in [0.2, 0.25) is 0 Å². The quantitative estimate of drug-likeness (QED) is 0.620. The van der Waals surface area contributed by atoms with Crippen LogP contribution in [0.3, 0.4) is 0 Å². The van der Waals surface area contributed by atoms with Crippen LogP contribution in [0.4, 0.5) is 5.82 Å². The standard InChI is InChI=1S/C11H11N5O/c1-8-9(3-2-6-17)7-14-16(8)11-13-5-4-10(12)15-11/h2-7H,1H3,(H2,12,13,15)/b3-2+. The van der Waals surface area contributed by atoms with E-state index in [1.165, 1.54) is 6.08 Å². The van der Waals surface area contributed by atoms with Crippen LogP contribution in [-0.4, -0.2) is 26.0 Å². The van der Waals surface area contributed by atoms with Gasteiger partial charge in [0.25, 0.3) is 5.95 Å². The molecule has 0 aliphatic rings. The number of carbonyl (C=O) groups is 1. The molecule has 2 heterocycles. The van der Waals surface area contributed by atoms with Crippen LogP contribution in [0.1, 0.15) is 11.3 Å². The van der Waals surface area contributed by atoms with Crippen molar-refractivity contribution in [3.05, 3.63) is 35.8 Å². The maximum absolute atomic E-state index is 10.3. The van der Waals surface area contributed by atoms with Crippen molar-refractivity contribution in [3.8, 4) is 5.95 Å². The molecular formula is C11H11N5O. The Labute approximate surface area is 97.8 Å². The lowest BCUT2D eigenvalue weighted by molar-refractivity contribution is -0.104. The Morgan fingerprint density at radius 3 is 3.00 bits per heavy atom. The zero-order valence-electron chi connectivity index (χ0n) is 9.24. The number of anilines is 1. The van der Waals surface area contributed by atoms with Gasteiger partial charge in [-0.25, -0.2) is 9.67 Å². The molecule has 2 N–H and O–H groups in total. The minimum absolute atomic E-state index is 0.384. The summed E-state index contributed by atoms with van der Waals surface area (Å²) >= 11 is 0. The van der Waals surface area contributed by atoms with E-state index in [1.54, 1.807) is 29.2 Å². The third kappa shape index (κ3) is 2.20. The van der Waals surface area contributed by atoms with E-state index in [0.29, 0.717) is 18.1 Å². The van der Waals surface area contributed by atoms with Gasteiger partial charge in [0.05, 0.1) is 11.9 Å². The highest BCUT2D eigenvalue weighted by Gasteiger charge is 2.08. The average Bonchev–Trinajstić information content (AvgIpc) is 2.68. The van der Waals surface area contributed by atoms with Crippen molar-refractivity contribution in [2.45, 2.75) is 6.92 Å². The van der Waals surface area contributed by atoms with E-state index in [-0.39, 0.29) is 0 Å². The summed E-state index contributed by atoms with van der Waals surface area (Å²) in [7, 11) is 0. The lowest BCUT2D eigenvalue weighted by Gasteiger charge is -2.02. The smallest absolute Gasteiger partial charge is 0.252 e. The Morgan fingerprint density at radius 1 is 1.47 bits per heavy atom. The Balaban J connectivity index is 2.44. The molecule has 0 fully saturated rings. The number of nitrogens with two attached hydrogens (primary N) is 1. The van der Waals surface area contributed by atoms with Crippen LogP contribution in [-0.2, 0) is 4.79 Å². The van der Waals surface area contributed by atoms with Gasteiger partial charge in [0.1, 0.15) is 12.1 Å². The fraction of sp³-hybridized carbons (Fsp3) is 0.0909. The molecule has 2 aromatic rings. The molecule has 6 heteroatoms.